The Kier molecular flexibility index (Phi) is 3.04. The van der Waals surface area contributed by atoms with Crippen LogP contribution >= 0.6 is 0 Å². The number of rotatable bonds is 2. The Morgan fingerprint density at radius 2 is 1.47 bits per heavy atom. The Labute approximate surface area is 102 Å². The van der Waals surface area contributed by atoms with E-state index in [1.165, 1.54) is 12.1 Å². The highest BCUT2D eigenvalue weighted by atomic mass is 19.1. The van der Waals surface area contributed by atoms with Crippen molar-refractivity contribution in [2.24, 2.45) is 0 Å². The lowest BCUT2D eigenvalue weighted by atomic mass is 9.81. The van der Waals surface area contributed by atoms with Crippen molar-refractivity contribution >= 4 is 7.12 Å². The average molecular weight is 236 g/mol. The molecular weight excluding hydrogens is 218 g/mol. The van der Waals surface area contributed by atoms with Gasteiger partial charge in [0.25, 0.3) is 0 Å². The van der Waals surface area contributed by atoms with Gasteiger partial charge in [0.15, 0.2) is 0 Å². The second-order valence-electron chi connectivity index (χ2n) is 5.52. The molecule has 0 saturated carbocycles. The first-order valence-electron chi connectivity index (χ1n) is 5.90. The van der Waals surface area contributed by atoms with Crippen LogP contribution in [0.25, 0.3) is 0 Å². The molecule has 1 aromatic carbocycles. The highest BCUT2D eigenvalue weighted by Crippen LogP contribution is 2.37. The summed E-state index contributed by atoms with van der Waals surface area (Å²) < 4.78 is 24.5. The van der Waals surface area contributed by atoms with Crippen molar-refractivity contribution in [3.8, 4) is 0 Å². The monoisotopic (exact) mass is 236 g/mol. The minimum Gasteiger partial charge on any atom is -0.403 e. The highest BCUT2D eigenvalue weighted by molar-refractivity contribution is 6.45. The maximum Gasteiger partial charge on any atom is 0.462 e. The lowest BCUT2D eigenvalue weighted by Crippen LogP contribution is -2.41. The van der Waals surface area contributed by atoms with Crippen LogP contribution in [0, 0.1) is 5.82 Å². The molecule has 17 heavy (non-hydrogen) atoms. The van der Waals surface area contributed by atoms with E-state index < -0.39 is 0 Å². The van der Waals surface area contributed by atoms with Gasteiger partial charge in [-0.3, -0.25) is 0 Å². The van der Waals surface area contributed by atoms with Gasteiger partial charge in [0.05, 0.1) is 11.2 Å². The van der Waals surface area contributed by atoms with Crippen LogP contribution in [0.5, 0.6) is 0 Å². The molecule has 1 heterocycles. The van der Waals surface area contributed by atoms with Crippen LogP contribution in [0.1, 0.15) is 33.3 Å². The molecule has 2 rings (SSSR count). The van der Waals surface area contributed by atoms with Crippen molar-refractivity contribution in [1.29, 1.82) is 0 Å². The van der Waals surface area contributed by atoms with Crippen LogP contribution in [-0.4, -0.2) is 18.3 Å². The third-order valence-corrected chi connectivity index (χ3v) is 3.62. The molecule has 0 unspecified atom stereocenters. The van der Waals surface area contributed by atoms with Crippen LogP contribution in [0.3, 0.4) is 0 Å². The standard InChI is InChI=1S/C13H18BFO2/c1-12(2)13(3,4)17-14(16-12)9-10-5-7-11(15)8-6-10/h5-8H,9H2,1-4H3. The normalized spacial score (nSPS) is 21.8. The largest absolute Gasteiger partial charge is 0.462 e. The SMILES string of the molecule is CC1(C)OB(Cc2ccc(F)cc2)OC1(C)C. The predicted octanol–water partition coefficient (Wildman–Crippen LogP) is 3.00. The van der Waals surface area contributed by atoms with Crippen LogP contribution in [0.4, 0.5) is 4.39 Å². The summed E-state index contributed by atoms with van der Waals surface area (Å²) in [6, 6.07) is 6.45. The van der Waals surface area contributed by atoms with E-state index in [-0.39, 0.29) is 24.1 Å². The van der Waals surface area contributed by atoms with Gasteiger partial charge in [0, 0.05) is 6.32 Å². The Balaban J connectivity index is 2.05. The van der Waals surface area contributed by atoms with Crippen molar-refractivity contribution in [2.45, 2.75) is 45.2 Å². The number of benzene rings is 1. The highest BCUT2D eigenvalue weighted by Gasteiger charge is 2.50. The minimum atomic E-state index is -0.308. The average Bonchev–Trinajstić information content (AvgIpc) is 2.39. The molecule has 92 valence electrons. The van der Waals surface area contributed by atoms with Crippen molar-refractivity contribution in [3.63, 3.8) is 0 Å². The summed E-state index contributed by atoms with van der Waals surface area (Å²) >= 11 is 0. The van der Waals surface area contributed by atoms with E-state index in [2.05, 4.69) is 0 Å². The van der Waals surface area contributed by atoms with Gasteiger partial charge >= 0.3 is 7.12 Å². The summed E-state index contributed by atoms with van der Waals surface area (Å²) in [6.45, 7) is 8.10. The summed E-state index contributed by atoms with van der Waals surface area (Å²) in [5, 5.41) is 0. The lowest BCUT2D eigenvalue weighted by molar-refractivity contribution is 0.00578. The molecule has 0 aliphatic carbocycles. The quantitative estimate of drug-likeness (QED) is 0.735. The molecule has 1 aliphatic heterocycles. The molecule has 0 bridgehead atoms. The molecule has 2 nitrogen and oxygen atoms in total. The molecule has 4 heteroatoms. The van der Waals surface area contributed by atoms with Gasteiger partial charge in [0.2, 0.25) is 0 Å². The van der Waals surface area contributed by atoms with E-state index in [0.29, 0.717) is 6.32 Å². The van der Waals surface area contributed by atoms with Gasteiger partial charge in [-0.05, 0) is 45.4 Å². The summed E-state index contributed by atoms with van der Waals surface area (Å²) in [7, 11) is -0.259. The smallest absolute Gasteiger partial charge is 0.403 e. The van der Waals surface area contributed by atoms with E-state index in [9.17, 15) is 4.39 Å². The first kappa shape index (κ1) is 12.6. The zero-order valence-corrected chi connectivity index (χ0v) is 10.8. The minimum absolute atomic E-state index is 0.220. The first-order valence-corrected chi connectivity index (χ1v) is 5.90. The van der Waals surface area contributed by atoms with Crippen LogP contribution < -0.4 is 0 Å². The van der Waals surface area contributed by atoms with E-state index >= 15 is 0 Å². The van der Waals surface area contributed by atoms with Gasteiger partial charge in [-0.15, -0.1) is 0 Å². The number of hydrogen-bond acceptors (Lipinski definition) is 2. The van der Waals surface area contributed by atoms with Gasteiger partial charge in [-0.25, -0.2) is 4.39 Å². The molecule has 0 radical (unpaired) electrons. The van der Waals surface area contributed by atoms with E-state index in [0.717, 1.165) is 5.56 Å². The zero-order valence-electron chi connectivity index (χ0n) is 10.8. The topological polar surface area (TPSA) is 18.5 Å². The molecule has 0 N–H and O–H groups in total. The van der Waals surface area contributed by atoms with Crippen molar-refractivity contribution in [3.05, 3.63) is 35.6 Å². The molecular formula is C13H18BFO2. The van der Waals surface area contributed by atoms with E-state index in [1.54, 1.807) is 12.1 Å². The fraction of sp³-hybridized carbons (Fsp3) is 0.538. The van der Waals surface area contributed by atoms with Crippen LogP contribution in [0.15, 0.2) is 24.3 Å². The Hall–Kier alpha value is -0.865. The van der Waals surface area contributed by atoms with Crippen LogP contribution in [-0.2, 0) is 15.6 Å². The second-order valence-corrected chi connectivity index (χ2v) is 5.52. The molecule has 0 aromatic heterocycles. The molecule has 0 amide bonds. The lowest BCUT2D eigenvalue weighted by Gasteiger charge is -2.32. The molecule has 0 spiro atoms. The maximum atomic E-state index is 12.8. The third kappa shape index (κ3) is 2.53. The van der Waals surface area contributed by atoms with Gasteiger partial charge < -0.3 is 9.31 Å². The Bertz CT molecular complexity index is 384. The fourth-order valence-corrected chi connectivity index (χ4v) is 1.86. The maximum absolute atomic E-state index is 12.8. The van der Waals surface area contributed by atoms with Crippen molar-refractivity contribution < 1.29 is 13.7 Å². The molecule has 1 fully saturated rings. The Morgan fingerprint density at radius 1 is 1.00 bits per heavy atom. The van der Waals surface area contributed by atoms with Crippen molar-refractivity contribution in [1.82, 2.24) is 0 Å². The number of halogens is 1. The van der Waals surface area contributed by atoms with Gasteiger partial charge in [0.1, 0.15) is 5.82 Å². The summed E-state index contributed by atoms with van der Waals surface area (Å²) in [4.78, 5) is 0. The van der Waals surface area contributed by atoms with Gasteiger partial charge in [-0.2, -0.15) is 0 Å². The third-order valence-electron chi connectivity index (χ3n) is 3.62. The summed E-state index contributed by atoms with van der Waals surface area (Å²) in [5.41, 5.74) is 0.403. The summed E-state index contributed by atoms with van der Waals surface area (Å²) in [5.74, 6) is -0.220. The molecule has 0 atom stereocenters. The van der Waals surface area contributed by atoms with Gasteiger partial charge in [-0.1, -0.05) is 12.1 Å². The van der Waals surface area contributed by atoms with Crippen molar-refractivity contribution in [2.75, 3.05) is 0 Å². The van der Waals surface area contributed by atoms with Crippen LogP contribution in [0.2, 0.25) is 0 Å². The molecule has 1 saturated heterocycles. The first-order chi connectivity index (χ1) is 7.80. The summed E-state index contributed by atoms with van der Waals surface area (Å²) in [6.07, 6.45) is 0.646. The molecule has 1 aromatic rings. The fourth-order valence-electron chi connectivity index (χ4n) is 1.86. The van der Waals surface area contributed by atoms with E-state index in [1.807, 2.05) is 27.7 Å². The molecule has 1 aliphatic rings. The van der Waals surface area contributed by atoms with E-state index in [4.69, 9.17) is 9.31 Å². The predicted molar refractivity (Wildman–Crippen MR) is 66.2 cm³/mol. The Morgan fingerprint density at radius 3 is 1.94 bits per heavy atom. The number of hydrogen-bond donors (Lipinski definition) is 0. The second kappa shape index (κ2) is 4.11. The zero-order chi connectivity index (χ0) is 12.7.